The van der Waals surface area contributed by atoms with Crippen LogP contribution in [0.3, 0.4) is 0 Å². The van der Waals surface area contributed by atoms with Crippen LogP contribution in [0.5, 0.6) is 5.75 Å². The van der Waals surface area contributed by atoms with E-state index in [0.29, 0.717) is 17.6 Å². The zero-order valence-electron chi connectivity index (χ0n) is 18.3. The number of aldehydes is 1. The van der Waals surface area contributed by atoms with E-state index in [1.807, 2.05) is 24.3 Å². The minimum absolute atomic E-state index is 0.299. The number of carbonyl (C=O) groups excluding carboxylic acids is 1. The largest absolute Gasteiger partial charge is 0.461 e. The van der Waals surface area contributed by atoms with E-state index >= 15 is 4.39 Å². The number of rotatable bonds is 5. The third-order valence-electron chi connectivity index (χ3n) is 6.37. The summed E-state index contributed by atoms with van der Waals surface area (Å²) in [4.78, 5) is 15.5. The highest BCUT2D eigenvalue weighted by Crippen LogP contribution is 2.38. The zero-order chi connectivity index (χ0) is 22.9. The van der Waals surface area contributed by atoms with Crippen molar-refractivity contribution in [2.24, 2.45) is 0 Å². The van der Waals surface area contributed by atoms with E-state index in [4.69, 9.17) is 4.74 Å². The van der Waals surface area contributed by atoms with Gasteiger partial charge in [0.05, 0.1) is 11.7 Å². The van der Waals surface area contributed by atoms with Gasteiger partial charge in [0.15, 0.2) is 6.29 Å². The number of nitrogens with zero attached hydrogens (tertiary/aromatic N) is 2. The Bertz CT molecular complexity index is 1160. The zero-order valence-corrected chi connectivity index (χ0v) is 18.3. The highest BCUT2D eigenvalue weighted by atomic mass is 19.1. The molecule has 0 radical (unpaired) electrons. The molecular weight excluding hydrogens is 424 g/mol. The summed E-state index contributed by atoms with van der Waals surface area (Å²) in [6.45, 7) is 3.33. The Morgan fingerprint density at radius 3 is 2.39 bits per heavy atom. The number of nitrogens with one attached hydrogen (secondary N) is 1. The van der Waals surface area contributed by atoms with Crippen molar-refractivity contribution in [3.8, 4) is 16.9 Å². The Hall–Kier alpha value is -3.29. The second-order valence-electron chi connectivity index (χ2n) is 8.56. The number of fused-ring (bicyclic) bond motifs is 1. The molecule has 2 aliphatic rings. The fourth-order valence-corrected chi connectivity index (χ4v) is 4.55. The van der Waals surface area contributed by atoms with Gasteiger partial charge in [-0.05, 0) is 60.1 Å². The summed E-state index contributed by atoms with van der Waals surface area (Å²) in [7, 11) is 2.07. The molecule has 1 N–H and O–H groups in total. The van der Waals surface area contributed by atoms with Crippen LogP contribution >= 0.6 is 0 Å². The van der Waals surface area contributed by atoms with E-state index in [1.54, 1.807) is 18.2 Å². The molecule has 0 saturated carbocycles. The van der Waals surface area contributed by atoms with Crippen LogP contribution in [0.25, 0.3) is 11.1 Å². The Balaban J connectivity index is 1.54. The number of ether oxygens (including phenoxy) is 1. The van der Waals surface area contributed by atoms with Crippen LogP contribution < -0.4 is 10.1 Å². The summed E-state index contributed by atoms with van der Waals surface area (Å²) in [5, 5.41) is 2.98. The molecule has 7 heteroatoms. The van der Waals surface area contributed by atoms with Crippen LogP contribution in [0.15, 0.2) is 60.7 Å². The maximum absolute atomic E-state index is 15.3. The predicted molar refractivity (Wildman–Crippen MR) is 123 cm³/mol. The summed E-state index contributed by atoms with van der Waals surface area (Å²) in [6.07, 6.45) is 0.0121. The molecule has 1 saturated heterocycles. The number of anilines is 1. The van der Waals surface area contributed by atoms with E-state index < -0.39 is 6.23 Å². The van der Waals surface area contributed by atoms with Gasteiger partial charge in [0, 0.05) is 31.7 Å². The Labute approximate surface area is 191 Å². The van der Waals surface area contributed by atoms with E-state index in [0.717, 1.165) is 48.6 Å². The maximum Gasteiger partial charge on any atom is 0.226 e. The lowest BCUT2D eigenvalue weighted by Gasteiger charge is -2.38. The van der Waals surface area contributed by atoms with Crippen LogP contribution in [0.4, 0.5) is 14.5 Å². The number of carbonyl (C=O) groups is 1. The Morgan fingerprint density at radius 2 is 1.67 bits per heavy atom. The molecule has 0 aromatic heterocycles. The number of benzene rings is 3. The first-order valence-corrected chi connectivity index (χ1v) is 11.0. The number of piperazine rings is 1. The fourth-order valence-electron chi connectivity index (χ4n) is 4.55. The molecule has 0 bridgehead atoms. The van der Waals surface area contributed by atoms with Gasteiger partial charge in [0.2, 0.25) is 6.23 Å². The van der Waals surface area contributed by atoms with Crippen molar-refractivity contribution in [1.29, 1.82) is 0 Å². The van der Waals surface area contributed by atoms with Gasteiger partial charge in [0.25, 0.3) is 0 Å². The average Bonchev–Trinajstić information content (AvgIpc) is 3.25. The van der Waals surface area contributed by atoms with Crippen molar-refractivity contribution in [3.63, 3.8) is 0 Å². The summed E-state index contributed by atoms with van der Waals surface area (Å²) in [5.74, 6) is -0.0257. The molecule has 3 aromatic rings. The second-order valence-corrected chi connectivity index (χ2v) is 8.56. The topological polar surface area (TPSA) is 44.8 Å². The highest BCUT2D eigenvalue weighted by molar-refractivity contribution is 5.76. The summed E-state index contributed by atoms with van der Waals surface area (Å²) in [5.41, 5.74) is 3.86. The SMILES string of the molecule is CN1CCN([C@@H](c2ccc(F)cc2)c2cc(-c3ccc4c(c3)OC(C=O)N4)ccc2F)CC1. The lowest BCUT2D eigenvalue weighted by atomic mass is 9.92. The van der Waals surface area contributed by atoms with Crippen LogP contribution in [0, 0.1) is 11.6 Å². The molecule has 2 heterocycles. The van der Waals surface area contributed by atoms with Crippen molar-refractivity contribution < 1.29 is 18.3 Å². The number of halogens is 2. The van der Waals surface area contributed by atoms with E-state index in [2.05, 4.69) is 22.2 Å². The summed E-state index contributed by atoms with van der Waals surface area (Å²) >= 11 is 0. The van der Waals surface area contributed by atoms with Gasteiger partial charge in [-0.25, -0.2) is 8.78 Å². The molecule has 2 atom stereocenters. The molecule has 1 fully saturated rings. The molecule has 5 rings (SSSR count). The molecular formula is C26H25F2N3O2. The standard InChI is InChI=1S/C26H25F2N3O2/c1-30-10-12-31(13-11-30)26(17-2-6-20(27)7-3-17)21-14-18(4-8-22(21)28)19-5-9-23-24(15-19)33-25(16-32)29-23/h2-9,14-16,25-26,29H,10-13H2,1H3/t25?,26-/m0/s1. The van der Waals surface area contributed by atoms with Gasteiger partial charge < -0.3 is 15.0 Å². The highest BCUT2D eigenvalue weighted by Gasteiger charge is 2.28. The van der Waals surface area contributed by atoms with Crippen LogP contribution in [-0.2, 0) is 4.79 Å². The predicted octanol–water partition coefficient (Wildman–Crippen LogP) is 4.30. The third kappa shape index (κ3) is 4.34. The fraction of sp³-hybridized carbons (Fsp3) is 0.269. The first kappa shape index (κ1) is 21.6. The van der Waals surface area contributed by atoms with Gasteiger partial charge in [0.1, 0.15) is 17.4 Å². The molecule has 3 aromatic carbocycles. The molecule has 2 aliphatic heterocycles. The van der Waals surface area contributed by atoms with Crippen LogP contribution in [-0.4, -0.2) is 55.5 Å². The van der Waals surface area contributed by atoms with E-state index in [-0.39, 0.29) is 17.7 Å². The summed E-state index contributed by atoms with van der Waals surface area (Å²) in [6, 6.07) is 16.7. The molecule has 0 amide bonds. The van der Waals surface area contributed by atoms with E-state index in [9.17, 15) is 9.18 Å². The van der Waals surface area contributed by atoms with Gasteiger partial charge in [-0.15, -0.1) is 0 Å². The maximum atomic E-state index is 15.3. The second kappa shape index (κ2) is 8.92. The van der Waals surface area contributed by atoms with Crippen molar-refractivity contribution >= 4 is 12.0 Å². The molecule has 1 unspecified atom stereocenters. The molecule has 0 spiro atoms. The number of hydrogen-bond acceptors (Lipinski definition) is 5. The monoisotopic (exact) mass is 449 g/mol. The van der Waals surface area contributed by atoms with Gasteiger partial charge in [-0.1, -0.05) is 24.3 Å². The minimum atomic E-state index is -0.695. The first-order valence-electron chi connectivity index (χ1n) is 11.0. The van der Waals surface area contributed by atoms with Gasteiger partial charge in [-0.2, -0.15) is 0 Å². The Morgan fingerprint density at radius 1 is 0.970 bits per heavy atom. The van der Waals surface area contributed by atoms with Crippen molar-refractivity contribution in [2.45, 2.75) is 12.3 Å². The minimum Gasteiger partial charge on any atom is -0.461 e. The summed E-state index contributed by atoms with van der Waals surface area (Å²) < 4.78 is 34.5. The average molecular weight is 450 g/mol. The molecule has 33 heavy (non-hydrogen) atoms. The number of likely N-dealkylation sites (N-methyl/N-ethyl adjacent to an activating group) is 1. The third-order valence-corrected chi connectivity index (χ3v) is 6.37. The lowest BCUT2D eigenvalue weighted by Crippen LogP contribution is -2.46. The van der Waals surface area contributed by atoms with Crippen molar-refractivity contribution in [1.82, 2.24) is 9.80 Å². The van der Waals surface area contributed by atoms with Crippen molar-refractivity contribution in [3.05, 3.63) is 83.4 Å². The lowest BCUT2D eigenvalue weighted by molar-refractivity contribution is -0.112. The molecule has 0 aliphatic carbocycles. The first-order chi connectivity index (χ1) is 16.0. The number of hydrogen-bond donors (Lipinski definition) is 1. The van der Waals surface area contributed by atoms with E-state index in [1.165, 1.54) is 18.2 Å². The quantitative estimate of drug-likeness (QED) is 0.589. The van der Waals surface area contributed by atoms with Gasteiger partial charge >= 0.3 is 0 Å². The van der Waals surface area contributed by atoms with Gasteiger partial charge in [-0.3, -0.25) is 9.69 Å². The normalized spacial score (nSPS) is 19.4. The van der Waals surface area contributed by atoms with Crippen LogP contribution in [0.1, 0.15) is 17.2 Å². The van der Waals surface area contributed by atoms with Crippen molar-refractivity contribution in [2.75, 3.05) is 38.5 Å². The molecule has 170 valence electrons. The van der Waals surface area contributed by atoms with Crippen LogP contribution in [0.2, 0.25) is 0 Å². The smallest absolute Gasteiger partial charge is 0.226 e. The molecule has 5 nitrogen and oxygen atoms in total. The Kier molecular flexibility index (Phi) is 5.83.